The number of nitrogens with one attached hydrogen (secondary N) is 1. The number of ether oxygens (including phenoxy) is 1. The molecule has 24 heavy (non-hydrogen) atoms. The van der Waals surface area contributed by atoms with E-state index in [1.54, 1.807) is 0 Å². The number of hydrogen-bond donors (Lipinski definition) is 1. The molecule has 130 valence electrons. The fourth-order valence-electron chi connectivity index (χ4n) is 4.71. The van der Waals surface area contributed by atoms with Crippen LogP contribution in [0.2, 0.25) is 0 Å². The van der Waals surface area contributed by atoms with E-state index in [4.69, 9.17) is 4.74 Å². The first kappa shape index (κ1) is 17.2. The molecule has 1 aromatic rings. The third-order valence-corrected chi connectivity index (χ3v) is 6.56. The van der Waals surface area contributed by atoms with Crippen LogP contribution in [-0.2, 0) is 20.7 Å². The monoisotopic (exact) mass is 329 g/mol. The summed E-state index contributed by atoms with van der Waals surface area (Å²) in [6, 6.07) is 9.48. The minimum atomic E-state index is -0.421. The number of benzene rings is 1. The maximum Gasteiger partial charge on any atom is 0.323 e. The van der Waals surface area contributed by atoms with E-state index in [0.29, 0.717) is 31.1 Å². The van der Waals surface area contributed by atoms with Gasteiger partial charge in [0, 0.05) is 18.4 Å². The van der Waals surface area contributed by atoms with Gasteiger partial charge in [-0.05, 0) is 36.2 Å². The molecule has 1 aromatic carbocycles. The molecule has 2 unspecified atom stereocenters. The summed E-state index contributed by atoms with van der Waals surface area (Å²) in [5.41, 5.74) is 0.754. The molecular formula is C20H27NO3. The van der Waals surface area contributed by atoms with Crippen molar-refractivity contribution in [3.05, 3.63) is 35.9 Å². The van der Waals surface area contributed by atoms with Gasteiger partial charge >= 0.3 is 5.97 Å². The highest BCUT2D eigenvalue weighted by atomic mass is 16.5. The highest BCUT2D eigenvalue weighted by molar-refractivity contribution is 5.90. The third kappa shape index (κ3) is 2.67. The molecular weight excluding hydrogens is 302 g/mol. The normalized spacial score (nSPS) is 28.8. The Morgan fingerprint density at radius 2 is 2.04 bits per heavy atom. The zero-order valence-corrected chi connectivity index (χ0v) is 14.8. The lowest BCUT2D eigenvalue weighted by Crippen LogP contribution is -2.50. The molecule has 2 fully saturated rings. The molecule has 0 aliphatic heterocycles. The predicted octanol–water partition coefficient (Wildman–Crippen LogP) is 2.76. The molecule has 0 saturated heterocycles. The molecule has 2 saturated carbocycles. The number of fused-ring (bicyclic) bond motifs is 2. The first-order valence-electron chi connectivity index (χ1n) is 8.79. The zero-order valence-electron chi connectivity index (χ0n) is 14.8. The van der Waals surface area contributed by atoms with Crippen molar-refractivity contribution >= 4 is 11.8 Å². The largest absolute Gasteiger partial charge is 0.468 e. The molecule has 0 aromatic heterocycles. The van der Waals surface area contributed by atoms with E-state index < -0.39 is 6.04 Å². The van der Waals surface area contributed by atoms with Crippen molar-refractivity contribution in [1.82, 2.24) is 5.32 Å². The van der Waals surface area contributed by atoms with E-state index in [1.165, 1.54) is 7.11 Å². The standard InChI is InChI=1S/C20H27NO3/c1-19(2)15-9-10-20(19,17(22)12-15)13-21-16(18(23)24-3)11-14-7-5-4-6-8-14/h4-8,15-16,21H,9-13H2,1-3H3/t15?,16-,20?/m1/s1. The Morgan fingerprint density at radius 1 is 1.33 bits per heavy atom. The van der Waals surface area contributed by atoms with Crippen LogP contribution in [0.5, 0.6) is 0 Å². The van der Waals surface area contributed by atoms with E-state index in [-0.39, 0.29) is 16.8 Å². The van der Waals surface area contributed by atoms with E-state index in [0.717, 1.165) is 18.4 Å². The summed E-state index contributed by atoms with van der Waals surface area (Å²) in [4.78, 5) is 24.8. The Hall–Kier alpha value is -1.68. The minimum Gasteiger partial charge on any atom is -0.468 e. The second-order valence-corrected chi connectivity index (χ2v) is 7.81. The SMILES string of the molecule is COC(=O)[C@@H](Cc1ccccc1)NCC12CCC(CC1=O)C2(C)C. The Morgan fingerprint density at radius 3 is 2.58 bits per heavy atom. The number of esters is 1. The number of Topliss-reactive ketones (excluding diaryl/α,β-unsaturated/α-hetero) is 1. The molecule has 2 bridgehead atoms. The maximum absolute atomic E-state index is 12.6. The maximum atomic E-state index is 12.6. The van der Waals surface area contributed by atoms with Crippen molar-refractivity contribution < 1.29 is 14.3 Å². The smallest absolute Gasteiger partial charge is 0.323 e. The lowest BCUT2D eigenvalue weighted by atomic mass is 9.68. The second kappa shape index (κ2) is 6.32. The zero-order chi connectivity index (χ0) is 17.4. The summed E-state index contributed by atoms with van der Waals surface area (Å²) in [6.07, 6.45) is 3.30. The van der Waals surface area contributed by atoms with Gasteiger partial charge < -0.3 is 10.1 Å². The van der Waals surface area contributed by atoms with Crippen LogP contribution in [0.1, 0.15) is 38.7 Å². The number of methoxy groups -OCH3 is 1. The fourth-order valence-corrected chi connectivity index (χ4v) is 4.71. The molecule has 4 nitrogen and oxygen atoms in total. The van der Waals surface area contributed by atoms with Crippen LogP contribution in [0.4, 0.5) is 0 Å². The van der Waals surface area contributed by atoms with Gasteiger partial charge in [-0.1, -0.05) is 44.2 Å². The lowest BCUT2D eigenvalue weighted by Gasteiger charge is -2.37. The van der Waals surface area contributed by atoms with Crippen molar-refractivity contribution in [2.75, 3.05) is 13.7 Å². The molecule has 0 amide bonds. The van der Waals surface area contributed by atoms with E-state index in [2.05, 4.69) is 19.2 Å². The first-order chi connectivity index (χ1) is 11.4. The number of carbonyl (C=O) groups excluding carboxylic acids is 2. The van der Waals surface area contributed by atoms with Gasteiger partial charge in [0.2, 0.25) is 0 Å². The lowest BCUT2D eigenvalue weighted by molar-refractivity contribution is -0.144. The summed E-state index contributed by atoms with van der Waals surface area (Å²) in [6.45, 7) is 4.98. The van der Waals surface area contributed by atoms with Crippen molar-refractivity contribution in [2.45, 2.75) is 45.6 Å². The highest BCUT2D eigenvalue weighted by Crippen LogP contribution is 2.63. The van der Waals surface area contributed by atoms with Crippen molar-refractivity contribution in [2.24, 2.45) is 16.7 Å². The van der Waals surface area contributed by atoms with E-state index >= 15 is 0 Å². The topological polar surface area (TPSA) is 55.4 Å². The summed E-state index contributed by atoms with van der Waals surface area (Å²) < 4.78 is 4.97. The molecule has 2 aliphatic rings. The van der Waals surface area contributed by atoms with Crippen molar-refractivity contribution in [1.29, 1.82) is 0 Å². The molecule has 1 N–H and O–H groups in total. The third-order valence-electron chi connectivity index (χ3n) is 6.56. The van der Waals surface area contributed by atoms with Crippen LogP contribution < -0.4 is 5.32 Å². The number of carbonyl (C=O) groups is 2. The van der Waals surface area contributed by atoms with Gasteiger partial charge in [-0.15, -0.1) is 0 Å². The van der Waals surface area contributed by atoms with Gasteiger partial charge in [0.25, 0.3) is 0 Å². The summed E-state index contributed by atoms with van der Waals surface area (Å²) in [7, 11) is 1.41. The Labute approximate surface area is 144 Å². The molecule has 3 atom stereocenters. The number of ketones is 1. The van der Waals surface area contributed by atoms with Gasteiger partial charge in [0.15, 0.2) is 0 Å². The number of rotatable bonds is 6. The Kier molecular flexibility index (Phi) is 4.52. The van der Waals surface area contributed by atoms with Crippen LogP contribution in [0.15, 0.2) is 30.3 Å². The molecule has 4 heteroatoms. The summed E-state index contributed by atoms with van der Waals surface area (Å²) >= 11 is 0. The predicted molar refractivity (Wildman–Crippen MR) is 92.5 cm³/mol. The van der Waals surface area contributed by atoms with Crippen LogP contribution in [0.3, 0.4) is 0 Å². The van der Waals surface area contributed by atoms with Gasteiger partial charge in [0.05, 0.1) is 7.11 Å². The first-order valence-corrected chi connectivity index (χ1v) is 8.79. The van der Waals surface area contributed by atoms with Crippen molar-refractivity contribution in [3.63, 3.8) is 0 Å². The average molecular weight is 329 g/mol. The minimum absolute atomic E-state index is 0.00446. The highest BCUT2D eigenvalue weighted by Gasteiger charge is 2.63. The molecule has 0 spiro atoms. The Balaban J connectivity index is 1.74. The van der Waals surface area contributed by atoms with Crippen LogP contribution in [0.25, 0.3) is 0 Å². The second-order valence-electron chi connectivity index (χ2n) is 7.81. The van der Waals surface area contributed by atoms with Gasteiger partial charge in [-0.25, -0.2) is 0 Å². The van der Waals surface area contributed by atoms with Crippen molar-refractivity contribution in [3.8, 4) is 0 Å². The van der Waals surface area contributed by atoms with E-state index in [1.807, 2.05) is 30.3 Å². The molecule has 3 rings (SSSR count). The molecule has 0 radical (unpaired) electrons. The quantitative estimate of drug-likeness (QED) is 0.816. The van der Waals surface area contributed by atoms with E-state index in [9.17, 15) is 9.59 Å². The van der Waals surface area contributed by atoms with Crippen LogP contribution in [-0.4, -0.2) is 31.4 Å². The Bertz CT molecular complexity index is 625. The van der Waals surface area contributed by atoms with Crippen LogP contribution in [0, 0.1) is 16.7 Å². The van der Waals surface area contributed by atoms with Gasteiger partial charge in [0.1, 0.15) is 11.8 Å². The number of hydrogen-bond acceptors (Lipinski definition) is 4. The average Bonchev–Trinajstić information content (AvgIpc) is 2.93. The molecule has 2 aliphatic carbocycles. The fraction of sp³-hybridized carbons (Fsp3) is 0.600. The summed E-state index contributed by atoms with van der Waals surface area (Å²) in [5, 5.41) is 3.37. The van der Waals surface area contributed by atoms with Gasteiger partial charge in [-0.3, -0.25) is 9.59 Å². The van der Waals surface area contributed by atoms with Crippen LogP contribution >= 0.6 is 0 Å². The summed E-state index contributed by atoms with van der Waals surface area (Å²) in [5.74, 6) is 0.574. The molecule has 0 heterocycles. The van der Waals surface area contributed by atoms with Gasteiger partial charge in [-0.2, -0.15) is 0 Å².